The Bertz CT molecular complexity index is 713. The summed E-state index contributed by atoms with van der Waals surface area (Å²) in [7, 11) is 0. The molecule has 6 nitrogen and oxygen atoms in total. The Labute approximate surface area is 148 Å². The van der Waals surface area contributed by atoms with Crippen molar-refractivity contribution in [3.63, 3.8) is 0 Å². The molecule has 1 saturated heterocycles. The molecule has 0 spiro atoms. The van der Waals surface area contributed by atoms with Gasteiger partial charge in [-0.25, -0.2) is 0 Å². The SMILES string of the molecule is CC1CC(C)CN(/C=C(/C#N)C(=O)NCc2ccc3c(c2)OCO3)C1. The predicted molar refractivity (Wildman–Crippen MR) is 92.6 cm³/mol. The van der Waals surface area contributed by atoms with Gasteiger partial charge in [-0.15, -0.1) is 0 Å². The maximum absolute atomic E-state index is 12.3. The Morgan fingerprint density at radius 2 is 2.04 bits per heavy atom. The highest BCUT2D eigenvalue weighted by atomic mass is 16.7. The second kappa shape index (κ2) is 7.47. The molecule has 2 atom stereocenters. The van der Waals surface area contributed by atoms with Crippen LogP contribution >= 0.6 is 0 Å². The van der Waals surface area contributed by atoms with Gasteiger partial charge < -0.3 is 19.7 Å². The zero-order chi connectivity index (χ0) is 17.8. The van der Waals surface area contributed by atoms with Crippen molar-refractivity contribution in [1.82, 2.24) is 10.2 Å². The zero-order valence-electron chi connectivity index (χ0n) is 14.6. The van der Waals surface area contributed by atoms with E-state index in [4.69, 9.17) is 9.47 Å². The number of amides is 1. The normalized spacial score (nSPS) is 22.4. The first kappa shape index (κ1) is 17.2. The van der Waals surface area contributed by atoms with E-state index >= 15 is 0 Å². The number of rotatable bonds is 4. The number of benzene rings is 1. The van der Waals surface area contributed by atoms with Crippen LogP contribution in [0.25, 0.3) is 0 Å². The van der Waals surface area contributed by atoms with Gasteiger partial charge in [-0.2, -0.15) is 5.26 Å². The number of nitriles is 1. The van der Waals surface area contributed by atoms with Crippen LogP contribution in [0.5, 0.6) is 11.5 Å². The first-order valence-corrected chi connectivity index (χ1v) is 8.58. The number of carbonyl (C=O) groups is 1. The van der Waals surface area contributed by atoms with Gasteiger partial charge in [0.25, 0.3) is 5.91 Å². The summed E-state index contributed by atoms with van der Waals surface area (Å²) in [6.07, 6.45) is 2.88. The third-order valence-corrected chi connectivity index (χ3v) is 4.46. The van der Waals surface area contributed by atoms with Crippen molar-refractivity contribution in [1.29, 1.82) is 5.26 Å². The molecule has 1 amide bonds. The quantitative estimate of drug-likeness (QED) is 0.672. The van der Waals surface area contributed by atoms with Gasteiger partial charge in [0.05, 0.1) is 0 Å². The number of hydrogen-bond donors (Lipinski definition) is 1. The highest BCUT2D eigenvalue weighted by Gasteiger charge is 2.21. The molecule has 0 radical (unpaired) electrons. The molecule has 1 aromatic carbocycles. The minimum Gasteiger partial charge on any atom is -0.454 e. The number of fused-ring (bicyclic) bond motifs is 1. The van der Waals surface area contributed by atoms with Crippen molar-refractivity contribution in [2.75, 3.05) is 19.9 Å². The van der Waals surface area contributed by atoms with Crippen LogP contribution in [-0.4, -0.2) is 30.7 Å². The Kier molecular flexibility index (Phi) is 5.13. The molecule has 1 fully saturated rings. The summed E-state index contributed by atoms with van der Waals surface area (Å²) in [5.74, 6) is 2.17. The topological polar surface area (TPSA) is 74.6 Å². The summed E-state index contributed by atoms with van der Waals surface area (Å²) in [5.41, 5.74) is 1.04. The monoisotopic (exact) mass is 341 g/mol. The molecule has 0 saturated carbocycles. The van der Waals surface area contributed by atoms with Gasteiger partial charge in [0, 0.05) is 25.8 Å². The number of nitrogens with one attached hydrogen (secondary N) is 1. The Morgan fingerprint density at radius 3 is 2.76 bits per heavy atom. The van der Waals surface area contributed by atoms with Gasteiger partial charge in [0.1, 0.15) is 11.6 Å². The van der Waals surface area contributed by atoms with Crippen LogP contribution in [0.4, 0.5) is 0 Å². The standard InChI is InChI=1S/C19H23N3O3/c1-13-5-14(2)10-22(9-13)11-16(7-20)19(23)21-8-15-3-4-17-18(6-15)25-12-24-17/h3-4,6,11,13-14H,5,8-10,12H2,1-2H3,(H,21,23)/b16-11-. The van der Waals surface area contributed by atoms with Crippen LogP contribution in [-0.2, 0) is 11.3 Å². The molecule has 0 aliphatic carbocycles. The molecule has 2 aliphatic rings. The molecule has 3 rings (SSSR count). The predicted octanol–water partition coefficient (Wildman–Crippen LogP) is 2.42. The highest BCUT2D eigenvalue weighted by Crippen LogP contribution is 2.32. The summed E-state index contributed by atoms with van der Waals surface area (Å²) in [4.78, 5) is 14.4. The number of nitrogens with zero attached hydrogens (tertiary/aromatic N) is 2. The third-order valence-electron chi connectivity index (χ3n) is 4.46. The molecule has 2 unspecified atom stereocenters. The molecule has 1 aromatic rings. The molecule has 2 aliphatic heterocycles. The van der Waals surface area contributed by atoms with E-state index in [0.29, 0.717) is 29.9 Å². The second-order valence-corrected chi connectivity index (χ2v) is 6.92. The third kappa shape index (κ3) is 4.24. The molecule has 25 heavy (non-hydrogen) atoms. The largest absolute Gasteiger partial charge is 0.454 e. The minimum absolute atomic E-state index is 0.141. The molecule has 2 heterocycles. The van der Waals surface area contributed by atoms with Crippen LogP contribution in [0.3, 0.4) is 0 Å². The molecule has 132 valence electrons. The Hall–Kier alpha value is -2.68. The van der Waals surface area contributed by atoms with Gasteiger partial charge >= 0.3 is 0 Å². The summed E-state index contributed by atoms with van der Waals surface area (Å²) >= 11 is 0. The van der Waals surface area contributed by atoms with E-state index in [1.54, 1.807) is 6.20 Å². The van der Waals surface area contributed by atoms with Crippen LogP contribution < -0.4 is 14.8 Å². The fourth-order valence-corrected chi connectivity index (χ4v) is 3.47. The summed E-state index contributed by atoms with van der Waals surface area (Å²) in [6.45, 7) is 6.71. The van der Waals surface area contributed by atoms with Crippen molar-refractivity contribution in [2.24, 2.45) is 11.8 Å². The second-order valence-electron chi connectivity index (χ2n) is 6.92. The van der Waals surface area contributed by atoms with Crippen LogP contribution in [0.15, 0.2) is 30.0 Å². The molecular weight excluding hydrogens is 318 g/mol. The van der Waals surface area contributed by atoms with Gasteiger partial charge in [0.15, 0.2) is 11.5 Å². The number of hydrogen-bond acceptors (Lipinski definition) is 5. The van der Waals surface area contributed by atoms with E-state index in [1.807, 2.05) is 24.3 Å². The zero-order valence-corrected chi connectivity index (χ0v) is 14.6. The van der Waals surface area contributed by atoms with Gasteiger partial charge in [0.2, 0.25) is 6.79 Å². The fraction of sp³-hybridized carbons (Fsp3) is 0.474. The molecule has 6 heteroatoms. The van der Waals surface area contributed by atoms with Crippen molar-refractivity contribution >= 4 is 5.91 Å². The number of ether oxygens (including phenoxy) is 2. The van der Waals surface area contributed by atoms with E-state index in [2.05, 4.69) is 24.1 Å². The Morgan fingerprint density at radius 1 is 1.32 bits per heavy atom. The number of piperidine rings is 1. The van der Waals surface area contributed by atoms with Crippen molar-refractivity contribution in [2.45, 2.75) is 26.8 Å². The molecule has 0 bridgehead atoms. The average molecular weight is 341 g/mol. The minimum atomic E-state index is -0.356. The average Bonchev–Trinajstić information content (AvgIpc) is 3.04. The van der Waals surface area contributed by atoms with E-state index in [1.165, 1.54) is 6.42 Å². The van der Waals surface area contributed by atoms with E-state index in [9.17, 15) is 10.1 Å². The van der Waals surface area contributed by atoms with Crippen LogP contribution in [0.2, 0.25) is 0 Å². The molecule has 1 N–H and O–H groups in total. The summed E-state index contributed by atoms with van der Waals surface area (Å²) in [6, 6.07) is 7.55. The summed E-state index contributed by atoms with van der Waals surface area (Å²) in [5, 5.41) is 12.1. The molecule has 0 aromatic heterocycles. The van der Waals surface area contributed by atoms with Crippen LogP contribution in [0, 0.1) is 23.2 Å². The maximum atomic E-state index is 12.3. The fourth-order valence-electron chi connectivity index (χ4n) is 3.47. The van der Waals surface area contributed by atoms with Crippen molar-refractivity contribution < 1.29 is 14.3 Å². The number of likely N-dealkylation sites (tertiary alicyclic amines) is 1. The van der Waals surface area contributed by atoms with Crippen molar-refractivity contribution in [3.8, 4) is 17.6 Å². The Balaban J connectivity index is 1.61. The lowest BCUT2D eigenvalue weighted by molar-refractivity contribution is -0.117. The molecular formula is C19H23N3O3. The smallest absolute Gasteiger partial charge is 0.263 e. The van der Waals surface area contributed by atoms with Crippen molar-refractivity contribution in [3.05, 3.63) is 35.5 Å². The van der Waals surface area contributed by atoms with Gasteiger partial charge in [-0.05, 0) is 36.0 Å². The first-order chi connectivity index (χ1) is 12.0. The number of carbonyl (C=O) groups excluding carboxylic acids is 1. The highest BCUT2D eigenvalue weighted by molar-refractivity contribution is 5.97. The lowest BCUT2D eigenvalue weighted by atomic mass is 9.92. The van der Waals surface area contributed by atoms with E-state index in [0.717, 1.165) is 18.7 Å². The van der Waals surface area contributed by atoms with E-state index < -0.39 is 0 Å². The van der Waals surface area contributed by atoms with Gasteiger partial charge in [-0.3, -0.25) is 4.79 Å². The first-order valence-electron chi connectivity index (χ1n) is 8.58. The lowest BCUT2D eigenvalue weighted by Gasteiger charge is -2.34. The van der Waals surface area contributed by atoms with E-state index in [-0.39, 0.29) is 18.3 Å². The summed E-state index contributed by atoms with van der Waals surface area (Å²) < 4.78 is 10.6. The lowest BCUT2D eigenvalue weighted by Crippen LogP contribution is -2.36. The van der Waals surface area contributed by atoms with Gasteiger partial charge in [-0.1, -0.05) is 19.9 Å². The van der Waals surface area contributed by atoms with Crippen LogP contribution in [0.1, 0.15) is 25.8 Å². The maximum Gasteiger partial charge on any atom is 0.263 e.